The van der Waals surface area contributed by atoms with Crippen molar-refractivity contribution in [3.63, 3.8) is 0 Å². The van der Waals surface area contributed by atoms with Gasteiger partial charge in [-0.1, -0.05) is 18.2 Å². The van der Waals surface area contributed by atoms with Crippen LogP contribution in [0.25, 0.3) is 0 Å². The number of rotatable bonds is 6. The number of hydrogen-bond donors (Lipinski definition) is 1. The number of benzene rings is 1. The van der Waals surface area contributed by atoms with Gasteiger partial charge in [-0.3, -0.25) is 4.79 Å². The Bertz CT molecular complexity index is 654. The lowest BCUT2D eigenvalue weighted by molar-refractivity contribution is 0.0853. The van der Waals surface area contributed by atoms with Gasteiger partial charge in [0, 0.05) is 25.4 Å². The lowest BCUT2D eigenvalue weighted by Crippen LogP contribution is -2.32. The molecule has 1 amide bonds. The van der Waals surface area contributed by atoms with Gasteiger partial charge in [-0.15, -0.1) is 0 Å². The second-order valence-corrected chi connectivity index (χ2v) is 5.68. The van der Waals surface area contributed by atoms with Crippen molar-refractivity contribution in [2.75, 3.05) is 24.6 Å². The van der Waals surface area contributed by atoms with Gasteiger partial charge in [0.05, 0.1) is 18.5 Å². The van der Waals surface area contributed by atoms with E-state index in [1.807, 2.05) is 35.2 Å². The van der Waals surface area contributed by atoms with E-state index in [-0.39, 0.29) is 12.0 Å². The lowest BCUT2D eigenvalue weighted by atomic mass is 10.2. The number of hydrogen-bond acceptors (Lipinski definition) is 5. The molecule has 6 nitrogen and oxygen atoms in total. The van der Waals surface area contributed by atoms with Crippen molar-refractivity contribution in [1.29, 1.82) is 0 Å². The van der Waals surface area contributed by atoms with Crippen molar-refractivity contribution < 1.29 is 9.53 Å². The molecule has 24 heavy (non-hydrogen) atoms. The topological polar surface area (TPSA) is 67.4 Å². The van der Waals surface area contributed by atoms with Crippen molar-refractivity contribution in [3.05, 3.63) is 48.4 Å². The summed E-state index contributed by atoms with van der Waals surface area (Å²) in [6.45, 7) is 4.12. The summed E-state index contributed by atoms with van der Waals surface area (Å²) < 4.78 is 5.50. The zero-order valence-electron chi connectivity index (χ0n) is 13.8. The Morgan fingerprint density at radius 2 is 2.12 bits per heavy atom. The molecule has 1 atom stereocenters. The maximum atomic E-state index is 12.1. The summed E-state index contributed by atoms with van der Waals surface area (Å²) in [4.78, 5) is 22.8. The van der Waals surface area contributed by atoms with Gasteiger partial charge in [0.25, 0.3) is 5.91 Å². The third-order valence-corrected chi connectivity index (χ3v) is 4.05. The second kappa shape index (κ2) is 7.88. The van der Waals surface area contributed by atoms with Crippen molar-refractivity contribution in [1.82, 2.24) is 15.3 Å². The first-order valence-electron chi connectivity index (χ1n) is 8.32. The summed E-state index contributed by atoms with van der Waals surface area (Å²) in [6.07, 6.45) is 5.33. The molecular weight excluding hydrogens is 304 g/mol. The summed E-state index contributed by atoms with van der Waals surface area (Å²) >= 11 is 0. The molecule has 1 saturated heterocycles. The Hall–Kier alpha value is -2.47. The standard InChI is InChI=1S/C18H22N4O2/c1-2-22(14-7-4-3-5-8-14)17-13-19-16(12-20-17)18(23)21-11-15-9-6-10-24-15/h3-5,7-8,12-13,15H,2,6,9-11H2,1H3,(H,21,23). The van der Waals surface area contributed by atoms with Crippen molar-refractivity contribution in [3.8, 4) is 0 Å². The van der Waals surface area contributed by atoms with Crippen LogP contribution in [0.4, 0.5) is 11.5 Å². The van der Waals surface area contributed by atoms with Crippen LogP contribution in [0.1, 0.15) is 30.3 Å². The molecule has 1 N–H and O–H groups in total. The van der Waals surface area contributed by atoms with Crippen molar-refractivity contribution in [2.24, 2.45) is 0 Å². The molecule has 1 unspecified atom stereocenters. The predicted octanol–water partition coefficient (Wildman–Crippen LogP) is 2.54. The van der Waals surface area contributed by atoms with E-state index in [9.17, 15) is 4.79 Å². The van der Waals surface area contributed by atoms with Gasteiger partial charge in [0.1, 0.15) is 5.69 Å². The molecule has 0 radical (unpaired) electrons. The molecule has 1 aliphatic rings. The van der Waals surface area contributed by atoms with E-state index in [2.05, 4.69) is 22.2 Å². The van der Waals surface area contributed by atoms with E-state index in [0.29, 0.717) is 12.2 Å². The Morgan fingerprint density at radius 1 is 1.29 bits per heavy atom. The van der Waals surface area contributed by atoms with Gasteiger partial charge in [-0.05, 0) is 31.9 Å². The third kappa shape index (κ3) is 3.89. The minimum atomic E-state index is -0.215. The van der Waals surface area contributed by atoms with Crippen LogP contribution in [0.5, 0.6) is 0 Å². The van der Waals surface area contributed by atoms with E-state index in [4.69, 9.17) is 4.74 Å². The van der Waals surface area contributed by atoms with E-state index in [1.165, 1.54) is 6.20 Å². The monoisotopic (exact) mass is 326 g/mol. The van der Waals surface area contributed by atoms with Crippen LogP contribution in [0.3, 0.4) is 0 Å². The van der Waals surface area contributed by atoms with Gasteiger partial charge in [-0.25, -0.2) is 9.97 Å². The van der Waals surface area contributed by atoms with Crippen LogP contribution < -0.4 is 10.2 Å². The highest BCUT2D eigenvalue weighted by molar-refractivity contribution is 5.92. The van der Waals surface area contributed by atoms with Crippen LogP contribution in [-0.4, -0.2) is 41.7 Å². The molecular formula is C18H22N4O2. The highest BCUT2D eigenvalue weighted by Crippen LogP contribution is 2.21. The quantitative estimate of drug-likeness (QED) is 0.883. The number of carbonyl (C=O) groups excluding carboxylic acids is 1. The molecule has 2 heterocycles. The zero-order chi connectivity index (χ0) is 16.8. The van der Waals surface area contributed by atoms with Gasteiger partial charge < -0.3 is 15.0 Å². The number of anilines is 2. The number of ether oxygens (including phenoxy) is 1. The summed E-state index contributed by atoms with van der Waals surface area (Å²) in [5, 5.41) is 2.86. The van der Waals surface area contributed by atoms with Gasteiger partial charge in [-0.2, -0.15) is 0 Å². The molecule has 3 rings (SSSR count). The third-order valence-electron chi connectivity index (χ3n) is 4.05. The Morgan fingerprint density at radius 3 is 2.75 bits per heavy atom. The van der Waals surface area contributed by atoms with Gasteiger partial charge >= 0.3 is 0 Å². The average Bonchev–Trinajstić information content (AvgIpc) is 3.15. The van der Waals surface area contributed by atoms with E-state index >= 15 is 0 Å². The minimum absolute atomic E-state index is 0.120. The molecule has 1 aliphatic heterocycles. The molecule has 6 heteroatoms. The first-order chi connectivity index (χ1) is 11.8. The molecule has 1 fully saturated rings. The van der Waals surface area contributed by atoms with Gasteiger partial charge in [0.2, 0.25) is 0 Å². The van der Waals surface area contributed by atoms with Gasteiger partial charge in [0.15, 0.2) is 5.82 Å². The summed E-state index contributed by atoms with van der Waals surface area (Å²) in [7, 11) is 0. The smallest absolute Gasteiger partial charge is 0.271 e. The molecule has 1 aromatic heterocycles. The van der Waals surface area contributed by atoms with E-state index in [0.717, 1.165) is 37.5 Å². The number of nitrogens with zero attached hydrogens (tertiary/aromatic N) is 3. The van der Waals surface area contributed by atoms with Crippen LogP contribution in [0.2, 0.25) is 0 Å². The molecule has 0 saturated carbocycles. The fourth-order valence-corrected chi connectivity index (χ4v) is 2.77. The lowest BCUT2D eigenvalue weighted by Gasteiger charge is -2.21. The minimum Gasteiger partial charge on any atom is -0.376 e. The molecule has 126 valence electrons. The van der Waals surface area contributed by atoms with E-state index < -0.39 is 0 Å². The molecule has 1 aromatic carbocycles. The Kier molecular flexibility index (Phi) is 5.38. The fraction of sp³-hybridized carbons (Fsp3) is 0.389. The fourth-order valence-electron chi connectivity index (χ4n) is 2.77. The molecule has 0 spiro atoms. The molecule has 0 aliphatic carbocycles. The highest BCUT2D eigenvalue weighted by Gasteiger charge is 2.17. The van der Waals surface area contributed by atoms with Crippen LogP contribution in [-0.2, 0) is 4.74 Å². The highest BCUT2D eigenvalue weighted by atomic mass is 16.5. The van der Waals surface area contributed by atoms with Crippen LogP contribution >= 0.6 is 0 Å². The second-order valence-electron chi connectivity index (χ2n) is 5.68. The maximum absolute atomic E-state index is 12.1. The molecule has 2 aromatic rings. The maximum Gasteiger partial charge on any atom is 0.271 e. The number of carbonyl (C=O) groups is 1. The first kappa shape index (κ1) is 16.4. The normalized spacial score (nSPS) is 16.8. The van der Waals surface area contributed by atoms with Crippen molar-refractivity contribution in [2.45, 2.75) is 25.9 Å². The number of para-hydroxylation sites is 1. The SMILES string of the molecule is CCN(c1ccccc1)c1cnc(C(=O)NCC2CCCO2)cn1. The number of amides is 1. The number of nitrogens with one attached hydrogen (secondary N) is 1. The number of aromatic nitrogens is 2. The summed E-state index contributed by atoms with van der Waals surface area (Å²) in [6, 6.07) is 9.99. The predicted molar refractivity (Wildman–Crippen MR) is 92.5 cm³/mol. The summed E-state index contributed by atoms with van der Waals surface area (Å²) in [5.41, 5.74) is 1.37. The van der Waals surface area contributed by atoms with Crippen LogP contribution in [0.15, 0.2) is 42.7 Å². The average molecular weight is 326 g/mol. The zero-order valence-corrected chi connectivity index (χ0v) is 13.8. The first-order valence-corrected chi connectivity index (χ1v) is 8.32. The summed E-state index contributed by atoms with van der Waals surface area (Å²) in [5.74, 6) is 0.506. The van der Waals surface area contributed by atoms with Crippen molar-refractivity contribution >= 4 is 17.4 Å². The Labute approximate surface area is 141 Å². The largest absolute Gasteiger partial charge is 0.376 e. The van der Waals surface area contributed by atoms with E-state index in [1.54, 1.807) is 6.20 Å². The molecule has 0 bridgehead atoms. The van der Waals surface area contributed by atoms with Crippen LogP contribution in [0, 0.1) is 0 Å². The Balaban J connectivity index is 1.64.